The van der Waals surface area contributed by atoms with Crippen LogP contribution in [-0.4, -0.2) is 28.5 Å². The van der Waals surface area contributed by atoms with Crippen LogP contribution in [0.2, 0.25) is 0 Å². The Hall–Kier alpha value is -2.85. The summed E-state index contributed by atoms with van der Waals surface area (Å²) in [7, 11) is 2.08. The summed E-state index contributed by atoms with van der Waals surface area (Å²) >= 11 is 0. The van der Waals surface area contributed by atoms with Crippen LogP contribution in [0, 0.1) is 0 Å². The molecule has 4 rings (SSSR count). The maximum Gasteiger partial charge on any atom is 0.234 e. The first-order valence-electron chi connectivity index (χ1n) is 9.97. The Kier molecular flexibility index (Phi) is 5.58. The average molecular weight is 374 g/mol. The SMILES string of the molecule is Cn1cccc1C1CCCN1CC(=O)NC(c1ccccc1)c1ccccc1. The van der Waals surface area contributed by atoms with E-state index in [2.05, 4.69) is 64.4 Å². The monoisotopic (exact) mass is 373 g/mol. The predicted octanol–water partition coefficient (Wildman–Crippen LogP) is 4.07. The van der Waals surface area contributed by atoms with Gasteiger partial charge in [-0.05, 0) is 42.6 Å². The summed E-state index contributed by atoms with van der Waals surface area (Å²) in [5, 5.41) is 3.27. The Bertz CT molecular complexity index is 864. The lowest BCUT2D eigenvalue weighted by molar-refractivity contribution is -0.123. The number of nitrogens with zero attached hydrogens (tertiary/aromatic N) is 2. The second-order valence-corrected chi connectivity index (χ2v) is 7.49. The quantitative estimate of drug-likeness (QED) is 0.707. The van der Waals surface area contributed by atoms with E-state index >= 15 is 0 Å². The van der Waals surface area contributed by atoms with Crippen LogP contribution in [0.3, 0.4) is 0 Å². The molecule has 0 saturated carbocycles. The summed E-state index contributed by atoms with van der Waals surface area (Å²) in [6.07, 6.45) is 4.31. The molecule has 1 fully saturated rings. The summed E-state index contributed by atoms with van der Waals surface area (Å²) in [6.45, 7) is 1.39. The van der Waals surface area contributed by atoms with E-state index in [-0.39, 0.29) is 11.9 Å². The van der Waals surface area contributed by atoms with Crippen molar-refractivity contribution in [2.45, 2.75) is 24.9 Å². The molecule has 1 amide bonds. The van der Waals surface area contributed by atoms with Gasteiger partial charge in [-0.25, -0.2) is 0 Å². The maximum absolute atomic E-state index is 13.0. The molecule has 3 aromatic rings. The van der Waals surface area contributed by atoms with Gasteiger partial charge >= 0.3 is 0 Å². The minimum absolute atomic E-state index is 0.0683. The minimum Gasteiger partial charge on any atom is -0.353 e. The Morgan fingerprint density at radius 1 is 1.00 bits per heavy atom. The van der Waals surface area contributed by atoms with Crippen molar-refractivity contribution in [1.82, 2.24) is 14.8 Å². The fourth-order valence-electron chi connectivity index (χ4n) is 4.21. The van der Waals surface area contributed by atoms with Gasteiger partial charge in [0, 0.05) is 18.9 Å². The van der Waals surface area contributed by atoms with Gasteiger partial charge < -0.3 is 9.88 Å². The first-order valence-corrected chi connectivity index (χ1v) is 9.97. The van der Waals surface area contributed by atoms with Crippen LogP contribution >= 0.6 is 0 Å². The van der Waals surface area contributed by atoms with Gasteiger partial charge in [-0.15, -0.1) is 0 Å². The van der Waals surface area contributed by atoms with Crippen LogP contribution in [0.5, 0.6) is 0 Å². The Morgan fingerprint density at radius 2 is 1.64 bits per heavy atom. The van der Waals surface area contributed by atoms with E-state index in [9.17, 15) is 4.79 Å². The normalized spacial score (nSPS) is 17.1. The Morgan fingerprint density at radius 3 is 2.21 bits per heavy atom. The standard InChI is InChI=1S/C24H27N3O/c1-26-16-8-14-21(26)22-15-9-17-27(22)18-23(28)25-24(19-10-4-2-5-11-19)20-12-6-3-7-13-20/h2-8,10-14,16,22,24H,9,15,17-18H2,1H3,(H,25,28). The molecule has 28 heavy (non-hydrogen) atoms. The van der Waals surface area contributed by atoms with Gasteiger partial charge in [0.2, 0.25) is 5.91 Å². The van der Waals surface area contributed by atoms with Gasteiger partial charge in [0.15, 0.2) is 0 Å². The van der Waals surface area contributed by atoms with Crippen LogP contribution in [-0.2, 0) is 11.8 Å². The van der Waals surface area contributed by atoms with Crippen molar-refractivity contribution in [3.8, 4) is 0 Å². The molecule has 0 bridgehead atoms. The largest absolute Gasteiger partial charge is 0.353 e. The van der Waals surface area contributed by atoms with Gasteiger partial charge in [0.05, 0.1) is 18.6 Å². The van der Waals surface area contributed by atoms with E-state index in [1.807, 2.05) is 36.4 Å². The van der Waals surface area contributed by atoms with Crippen LogP contribution in [0.25, 0.3) is 0 Å². The second kappa shape index (κ2) is 8.44. The number of benzene rings is 2. The third-order valence-corrected chi connectivity index (χ3v) is 5.61. The zero-order chi connectivity index (χ0) is 19.3. The number of carbonyl (C=O) groups excluding carboxylic acids is 1. The van der Waals surface area contributed by atoms with Crippen molar-refractivity contribution in [1.29, 1.82) is 0 Å². The van der Waals surface area contributed by atoms with E-state index in [0.717, 1.165) is 30.5 Å². The molecule has 0 radical (unpaired) electrons. The van der Waals surface area contributed by atoms with Gasteiger partial charge in [0.25, 0.3) is 0 Å². The van der Waals surface area contributed by atoms with Crippen molar-refractivity contribution in [3.05, 3.63) is 95.8 Å². The van der Waals surface area contributed by atoms with Gasteiger partial charge in [-0.2, -0.15) is 0 Å². The Balaban J connectivity index is 1.50. The molecule has 1 aliphatic heterocycles. The van der Waals surface area contributed by atoms with Crippen LogP contribution in [0.15, 0.2) is 79.0 Å². The molecule has 0 aliphatic carbocycles. The van der Waals surface area contributed by atoms with Crippen molar-refractivity contribution in [2.24, 2.45) is 7.05 Å². The number of likely N-dealkylation sites (tertiary alicyclic amines) is 1. The lowest BCUT2D eigenvalue weighted by Crippen LogP contribution is -2.39. The molecule has 4 heteroatoms. The molecule has 1 atom stereocenters. The van der Waals surface area contributed by atoms with Gasteiger partial charge in [-0.1, -0.05) is 60.7 Å². The molecule has 2 heterocycles. The summed E-state index contributed by atoms with van der Waals surface area (Å²) in [5.74, 6) is 0.0683. The molecule has 1 aliphatic rings. The summed E-state index contributed by atoms with van der Waals surface area (Å²) in [6, 6.07) is 24.8. The number of rotatable bonds is 6. The number of amides is 1. The van der Waals surface area contributed by atoms with E-state index in [4.69, 9.17) is 0 Å². The molecule has 0 spiro atoms. The first kappa shape index (κ1) is 18.5. The molecule has 1 N–H and O–H groups in total. The molecule has 4 nitrogen and oxygen atoms in total. The van der Waals surface area contributed by atoms with Gasteiger partial charge in [-0.3, -0.25) is 9.69 Å². The van der Waals surface area contributed by atoms with Crippen molar-refractivity contribution >= 4 is 5.91 Å². The number of hydrogen-bond donors (Lipinski definition) is 1. The van der Waals surface area contributed by atoms with E-state index in [1.54, 1.807) is 0 Å². The highest BCUT2D eigenvalue weighted by molar-refractivity contribution is 5.79. The van der Waals surface area contributed by atoms with Crippen LogP contribution in [0.4, 0.5) is 0 Å². The minimum atomic E-state index is -0.133. The topological polar surface area (TPSA) is 37.3 Å². The third kappa shape index (κ3) is 4.02. The lowest BCUT2D eigenvalue weighted by Gasteiger charge is -2.26. The second-order valence-electron chi connectivity index (χ2n) is 7.49. The first-order chi connectivity index (χ1) is 13.7. The highest BCUT2D eigenvalue weighted by Crippen LogP contribution is 2.31. The molecule has 1 saturated heterocycles. The molecule has 1 unspecified atom stereocenters. The zero-order valence-corrected chi connectivity index (χ0v) is 16.3. The number of nitrogens with one attached hydrogen (secondary N) is 1. The fraction of sp³-hybridized carbons (Fsp3) is 0.292. The van der Waals surface area contributed by atoms with Gasteiger partial charge in [0.1, 0.15) is 0 Å². The number of hydrogen-bond acceptors (Lipinski definition) is 2. The van der Waals surface area contributed by atoms with E-state index < -0.39 is 0 Å². The highest BCUT2D eigenvalue weighted by Gasteiger charge is 2.29. The molecular weight excluding hydrogens is 346 g/mol. The number of aryl methyl sites for hydroxylation is 1. The molecule has 1 aromatic heterocycles. The van der Waals surface area contributed by atoms with E-state index in [1.165, 1.54) is 5.69 Å². The number of aromatic nitrogens is 1. The Labute approximate surface area is 166 Å². The smallest absolute Gasteiger partial charge is 0.234 e. The van der Waals surface area contributed by atoms with Crippen LogP contribution < -0.4 is 5.32 Å². The van der Waals surface area contributed by atoms with Crippen molar-refractivity contribution < 1.29 is 4.79 Å². The third-order valence-electron chi connectivity index (χ3n) is 5.61. The molecule has 2 aromatic carbocycles. The maximum atomic E-state index is 13.0. The molecular formula is C24H27N3O. The van der Waals surface area contributed by atoms with Crippen LogP contribution in [0.1, 0.15) is 41.7 Å². The van der Waals surface area contributed by atoms with E-state index in [0.29, 0.717) is 12.6 Å². The van der Waals surface area contributed by atoms with Crippen molar-refractivity contribution in [3.63, 3.8) is 0 Å². The summed E-state index contributed by atoms with van der Waals surface area (Å²) < 4.78 is 2.16. The number of carbonyl (C=O) groups is 1. The molecule has 144 valence electrons. The fourth-order valence-corrected chi connectivity index (χ4v) is 4.21. The zero-order valence-electron chi connectivity index (χ0n) is 16.3. The lowest BCUT2D eigenvalue weighted by atomic mass is 9.98. The summed E-state index contributed by atoms with van der Waals surface area (Å²) in [5.41, 5.74) is 3.48. The average Bonchev–Trinajstić information content (AvgIpc) is 3.35. The highest BCUT2D eigenvalue weighted by atomic mass is 16.2. The van der Waals surface area contributed by atoms with Crippen molar-refractivity contribution in [2.75, 3.05) is 13.1 Å². The predicted molar refractivity (Wildman–Crippen MR) is 112 cm³/mol. The summed E-state index contributed by atoms with van der Waals surface area (Å²) in [4.78, 5) is 15.3.